The number of nitrogens with zero attached hydrogens (tertiary/aromatic N) is 2. The summed E-state index contributed by atoms with van der Waals surface area (Å²) in [4.78, 5) is 17.1. The molecule has 2 heterocycles. The molecule has 3 rings (SSSR count). The molecule has 1 aromatic carbocycles. The Bertz CT molecular complexity index is 741. The second-order valence-electron chi connectivity index (χ2n) is 7.77. The van der Waals surface area contributed by atoms with Crippen molar-refractivity contribution >= 4 is 5.91 Å². The van der Waals surface area contributed by atoms with Crippen molar-refractivity contribution in [3.05, 3.63) is 47.5 Å². The Labute approximate surface area is 149 Å². The number of amides is 1. The number of hydrogen-bond donors (Lipinski definition) is 1. The summed E-state index contributed by atoms with van der Waals surface area (Å²) in [5.41, 5.74) is 2.16. The van der Waals surface area contributed by atoms with Gasteiger partial charge in [-0.15, -0.1) is 0 Å². The Morgan fingerprint density at radius 2 is 2.04 bits per heavy atom. The number of benzene rings is 1. The Hall–Kier alpha value is -2.30. The van der Waals surface area contributed by atoms with Crippen molar-refractivity contribution in [1.82, 2.24) is 14.9 Å². The van der Waals surface area contributed by atoms with Crippen molar-refractivity contribution in [3.63, 3.8) is 0 Å². The number of carbonyl (C=O) groups is 1. The predicted octanol–water partition coefficient (Wildman–Crippen LogP) is 2.86. The van der Waals surface area contributed by atoms with Gasteiger partial charge < -0.3 is 14.6 Å². The summed E-state index contributed by atoms with van der Waals surface area (Å²) < 4.78 is 7.34. The van der Waals surface area contributed by atoms with Gasteiger partial charge >= 0.3 is 0 Å². The van der Waals surface area contributed by atoms with Crippen LogP contribution in [-0.2, 0) is 29.6 Å². The van der Waals surface area contributed by atoms with E-state index in [0.29, 0.717) is 6.42 Å². The molecular formula is C20H27N3O2. The number of ether oxygens (including phenoxy) is 1. The van der Waals surface area contributed by atoms with E-state index in [9.17, 15) is 4.79 Å². The van der Waals surface area contributed by atoms with Crippen LogP contribution in [0.15, 0.2) is 30.5 Å². The average molecular weight is 341 g/mol. The number of methoxy groups -OCH3 is 1. The molecule has 0 saturated carbocycles. The van der Waals surface area contributed by atoms with Gasteiger partial charge in [0.15, 0.2) is 0 Å². The van der Waals surface area contributed by atoms with Crippen LogP contribution in [0.1, 0.15) is 44.3 Å². The maximum absolute atomic E-state index is 12.3. The molecule has 0 radical (unpaired) electrons. The zero-order valence-electron chi connectivity index (χ0n) is 15.5. The van der Waals surface area contributed by atoms with Crippen LogP contribution in [0.2, 0.25) is 0 Å². The minimum absolute atomic E-state index is 0.0530. The van der Waals surface area contributed by atoms with E-state index in [1.165, 1.54) is 0 Å². The molecular weight excluding hydrogens is 314 g/mol. The standard InChI is InChI=1S/C20H27N3O2/c1-20(2,3)17-13-23-12-15(7-10-18(23)22-17)21-19(24)11-14-5-8-16(25-4)9-6-14/h5-6,8-9,13,15H,7,10-12H2,1-4H3,(H,21,24). The highest BCUT2D eigenvalue weighted by molar-refractivity contribution is 5.78. The number of aryl methyl sites for hydroxylation is 1. The van der Waals surface area contributed by atoms with E-state index in [-0.39, 0.29) is 17.4 Å². The van der Waals surface area contributed by atoms with E-state index in [4.69, 9.17) is 9.72 Å². The van der Waals surface area contributed by atoms with Crippen LogP contribution in [0.4, 0.5) is 0 Å². The molecule has 0 aliphatic carbocycles. The quantitative estimate of drug-likeness (QED) is 0.930. The Morgan fingerprint density at radius 1 is 1.32 bits per heavy atom. The van der Waals surface area contributed by atoms with E-state index in [0.717, 1.165) is 42.2 Å². The highest BCUT2D eigenvalue weighted by atomic mass is 16.5. The minimum Gasteiger partial charge on any atom is -0.497 e. The predicted molar refractivity (Wildman–Crippen MR) is 97.9 cm³/mol. The van der Waals surface area contributed by atoms with E-state index in [2.05, 4.69) is 36.9 Å². The number of nitrogens with one attached hydrogen (secondary N) is 1. The molecule has 0 fully saturated rings. The number of imidazole rings is 1. The zero-order chi connectivity index (χ0) is 18.0. The molecule has 25 heavy (non-hydrogen) atoms. The van der Waals surface area contributed by atoms with Gasteiger partial charge in [-0.3, -0.25) is 4.79 Å². The molecule has 1 aliphatic rings. The molecule has 0 bridgehead atoms. The molecule has 0 spiro atoms. The fourth-order valence-corrected chi connectivity index (χ4v) is 3.13. The maximum atomic E-state index is 12.3. The first kappa shape index (κ1) is 17.5. The van der Waals surface area contributed by atoms with E-state index in [1.807, 2.05) is 24.3 Å². The summed E-state index contributed by atoms with van der Waals surface area (Å²) in [5, 5.41) is 3.17. The summed E-state index contributed by atoms with van der Waals surface area (Å²) >= 11 is 0. The van der Waals surface area contributed by atoms with Gasteiger partial charge in [0.25, 0.3) is 0 Å². The summed E-state index contributed by atoms with van der Waals surface area (Å²) in [6.45, 7) is 7.33. The molecule has 0 saturated heterocycles. The average Bonchev–Trinajstić information content (AvgIpc) is 2.99. The Morgan fingerprint density at radius 3 is 2.68 bits per heavy atom. The van der Waals surface area contributed by atoms with Gasteiger partial charge in [-0.2, -0.15) is 0 Å². The molecule has 1 N–H and O–H groups in total. The van der Waals surface area contributed by atoms with Crippen LogP contribution in [0.5, 0.6) is 5.75 Å². The normalized spacial score (nSPS) is 17.0. The molecule has 134 valence electrons. The van der Waals surface area contributed by atoms with Gasteiger partial charge in [-0.25, -0.2) is 4.98 Å². The zero-order valence-corrected chi connectivity index (χ0v) is 15.5. The van der Waals surface area contributed by atoms with Gasteiger partial charge in [0.2, 0.25) is 5.91 Å². The summed E-state index contributed by atoms with van der Waals surface area (Å²) in [5.74, 6) is 2.00. The first-order chi connectivity index (χ1) is 11.8. The van der Waals surface area contributed by atoms with Crippen LogP contribution < -0.4 is 10.1 Å². The van der Waals surface area contributed by atoms with Crippen molar-refractivity contribution in [1.29, 1.82) is 0 Å². The van der Waals surface area contributed by atoms with Crippen molar-refractivity contribution < 1.29 is 9.53 Å². The van der Waals surface area contributed by atoms with Crippen LogP contribution in [0.3, 0.4) is 0 Å². The van der Waals surface area contributed by atoms with Crippen LogP contribution in [-0.4, -0.2) is 28.6 Å². The first-order valence-electron chi connectivity index (χ1n) is 8.84. The van der Waals surface area contributed by atoms with Crippen molar-refractivity contribution in [2.24, 2.45) is 0 Å². The second-order valence-corrected chi connectivity index (χ2v) is 7.77. The molecule has 1 aliphatic heterocycles. The number of carbonyl (C=O) groups excluding carboxylic acids is 1. The highest BCUT2D eigenvalue weighted by Gasteiger charge is 2.25. The van der Waals surface area contributed by atoms with Crippen molar-refractivity contribution in [2.45, 2.75) is 58.0 Å². The van der Waals surface area contributed by atoms with Crippen molar-refractivity contribution in [2.75, 3.05) is 7.11 Å². The molecule has 5 heteroatoms. The van der Waals surface area contributed by atoms with E-state index >= 15 is 0 Å². The maximum Gasteiger partial charge on any atom is 0.224 e. The van der Waals surface area contributed by atoms with Crippen LogP contribution in [0, 0.1) is 0 Å². The molecule has 1 amide bonds. The monoisotopic (exact) mass is 341 g/mol. The first-order valence-corrected chi connectivity index (χ1v) is 8.84. The van der Waals surface area contributed by atoms with E-state index < -0.39 is 0 Å². The van der Waals surface area contributed by atoms with Crippen LogP contribution in [0.25, 0.3) is 0 Å². The van der Waals surface area contributed by atoms with Crippen LogP contribution >= 0.6 is 0 Å². The van der Waals surface area contributed by atoms with E-state index in [1.54, 1.807) is 7.11 Å². The Balaban J connectivity index is 1.58. The minimum atomic E-state index is 0.0530. The SMILES string of the molecule is COc1ccc(CC(=O)NC2CCc3nc(C(C)(C)C)cn3C2)cc1. The lowest BCUT2D eigenvalue weighted by atomic mass is 9.93. The third kappa shape index (κ3) is 4.21. The lowest BCUT2D eigenvalue weighted by molar-refractivity contribution is -0.121. The third-order valence-corrected chi connectivity index (χ3v) is 4.65. The summed E-state index contributed by atoms with van der Waals surface area (Å²) in [7, 11) is 1.64. The summed E-state index contributed by atoms with van der Waals surface area (Å²) in [6, 6.07) is 7.80. The largest absolute Gasteiger partial charge is 0.497 e. The molecule has 1 unspecified atom stereocenters. The highest BCUT2D eigenvalue weighted by Crippen LogP contribution is 2.24. The summed E-state index contributed by atoms with van der Waals surface area (Å²) in [6.07, 6.45) is 4.38. The Kier molecular flexibility index (Phi) is 4.84. The number of aromatic nitrogens is 2. The van der Waals surface area contributed by atoms with Gasteiger partial charge in [-0.05, 0) is 24.1 Å². The van der Waals surface area contributed by atoms with Gasteiger partial charge in [0, 0.05) is 30.6 Å². The molecule has 2 aromatic rings. The molecule has 5 nitrogen and oxygen atoms in total. The fraction of sp³-hybridized carbons (Fsp3) is 0.500. The lowest BCUT2D eigenvalue weighted by Crippen LogP contribution is -2.41. The number of fused-ring (bicyclic) bond motifs is 1. The van der Waals surface area contributed by atoms with Crippen molar-refractivity contribution in [3.8, 4) is 5.75 Å². The third-order valence-electron chi connectivity index (χ3n) is 4.65. The lowest BCUT2D eigenvalue weighted by Gasteiger charge is -2.24. The van der Waals surface area contributed by atoms with Gasteiger partial charge in [0.05, 0.1) is 19.2 Å². The fourth-order valence-electron chi connectivity index (χ4n) is 3.13. The number of rotatable bonds is 4. The molecule has 1 atom stereocenters. The second kappa shape index (κ2) is 6.90. The van der Waals surface area contributed by atoms with Gasteiger partial charge in [-0.1, -0.05) is 32.9 Å². The molecule has 1 aromatic heterocycles. The number of hydrogen-bond acceptors (Lipinski definition) is 3. The van der Waals surface area contributed by atoms with Gasteiger partial charge in [0.1, 0.15) is 11.6 Å². The topological polar surface area (TPSA) is 56.1 Å². The smallest absolute Gasteiger partial charge is 0.224 e.